The minimum Gasteiger partial charge on any atom is -0.380 e. The zero-order valence-electron chi connectivity index (χ0n) is 13.0. The SMILES string of the molecule is CNCCCn1cc(S(=O)(=O)NCCOCC(C)C)cn1. The van der Waals surface area contributed by atoms with E-state index >= 15 is 0 Å². The van der Waals surface area contributed by atoms with Crippen LogP contribution in [0.25, 0.3) is 0 Å². The van der Waals surface area contributed by atoms with E-state index in [1.165, 1.54) is 6.20 Å². The molecule has 0 atom stereocenters. The molecule has 8 heteroatoms. The molecule has 1 aromatic rings. The van der Waals surface area contributed by atoms with Gasteiger partial charge in [-0.3, -0.25) is 4.68 Å². The van der Waals surface area contributed by atoms with Crippen LogP contribution in [-0.4, -0.2) is 51.5 Å². The topological polar surface area (TPSA) is 85.2 Å². The summed E-state index contributed by atoms with van der Waals surface area (Å²) in [5.41, 5.74) is 0. The minimum atomic E-state index is -3.50. The van der Waals surface area contributed by atoms with Gasteiger partial charge in [0.25, 0.3) is 0 Å². The van der Waals surface area contributed by atoms with Gasteiger partial charge < -0.3 is 10.1 Å². The van der Waals surface area contributed by atoms with E-state index in [-0.39, 0.29) is 11.4 Å². The van der Waals surface area contributed by atoms with Gasteiger partial charge in [0.05, 0.1) is 12.8 Å². The number of rotatable bonds is 11. The largest absolute Gasteiger partial charge is 0.380 e. The highest BCUT2D eigenvalue weighted by molar-refractivity contribution is 7.89. The molecule has 1 aromatic heterocycles. The van der Waals surface area contributed by atoms with E-state index in [0.29, 0.717) is 25.7 Å². The zero-order valence-corrected chi connectivity index (χ0v) is 13.8. The lowest BCUT2D eigenvalue weighted by molar-refractivity contribution is 0.114. The molecule has 0 aromatic carbocycles. The summed E-state index contributed by atoms with van der Waals surface area (Å²) in [5, 5.41) is 7.10. The standard InChI is InChI=1S/C13H26N4O3S/c1-12(2)11-20-8-6-16-21(18,19)13-9-15-17(10-13)7-4-5-14-3/h9-10,12,14,16H,4-8,11H2,1-3H3. The Hall–Kier alpha value is -0.960. The Morgan fingerprint density at radius 2 is 2.14 bits per heavy atom. The van der Waals surface area contributed by atoms with Gasteiger partial charge in [-0.05, 0) is 25.9 Å². The molecule has 1 rings (SSSR count). The highest BCUT2D eigenvalue weighted by atomic mass is 32.2. The molecule has 0 unspecified atom stereocenters. The van der Waals surface area contributed by atoms with Crippen molar-refractivity contribution in [2.75, 3.05) is 33.4 Å². The molecule has 0 spiro atoms. The molecule has 0 radical (unpaired) electrons. The van der Waals surface area contributed by atoms with Crippen molar-refractivity contribution >= 4 is 10.0 Å². The minimum absolute atomic E-state index is 0.191. The average molecular weight is 318 g/mol. The van der Waals surface area contributed by atoms with Crippen LogP contribution < -0.4 is 10.0 Å². The van der Waals surface area contributed by atoms with Crippen molar-refractivity contribution in [3.63, 3.8) is 0 Å². The predicted octanol–water partition coefficient (Wildman–Crippen LogP) is 0.444. The smallest absolute Gasteiger partial charge is 0.243 e. The first-order chi connectivity index (χ1) is 9.95. The molecule has 0 saturated carbocycles. The van der Waals surface area contributed by atoms with E-state index in [2.05, 4.69) is 15.1 Å². The van der Waals surface area contributed by atoms with Gasteiger partial charge in [0, 0.05) is 25.9 Å². The molecule has 0 fully saturated rings. The van der Waals surface area contributed by atoms with Crippen LogP contribution in [0, 0.1) is 5.92 Å². The fourth-order valence-electron chi connectivity index (χ4n) is 1.67. The van der Waals surface area contributed by atoms with E-state index in [1.807, 2.05) is 20.9 Å². The first-order valence-corrected chi connectivity index (χ1v) is 8.68. The molecule has 0 saturated heterocycles. The predicted molar refractivity (Wildman–Crippen MR) is 81.6 cm³/mol. The van der Waals surface area contributed by atoms with Crippen LogP contribution in [0.15, 0.2) is 17.3 Å². The first-order valence-electron chi connectivity index (χ1n) is 7.20. The summed E-state index contributed by atoms with van der Waals surface area (Å²) in [5.74, 6) is 0.442. The van der Waals surface area contributed by atoms with Crippen LogP contribution >= 0.6 is 0 Å². The van der Waals surface area contributed by atoms with Gasteiger partial charge in [-0.15, -0.1) is 0 Å². The van der Waals surface area contributed by atoms with E-state index in [4.69, 9.17) is 4.74 Å². The zero-order chi connectivity index (χ0) is 15.7. The highest BCUT2D eigenvalue weighted by Crippen LogP contribution is 2.06. The van der Waals surface area contributed by atoms with Crippen LogP contribution in [0.4, 0.5) is 0 Å². The monoisotopic (exact) mass is 318 g/mol. The molecule has 122 valence electrons. The van der Waals surface area contributed by atoms with Crippen molar-refractivity contribution in [1.82, 2.24) is 19.8 Å². The Labute approximate surface area is 127 Å². The maximum Gasteiger partial charge on any atom is 0.243 e. The quantitative estimate of drug-likeness (QED) is 0.579. The summed E-state index contributed by atoms with van der Waals surface area (Å²) < 4.78 is 33.6. The van der Waals surface area contributed by atoms with Crippen molar-refractivity contribution in [2.24, 2.45) is 5.92 Å². The van der Waals surface area contributed by atoms with Crippen LogP contribution in [-0.2, 0) is 21.3 Å². The average Bonchev–Trinajstić information content (AvgIpc) is 2.88. The van der Waals surface area contributed by atoms with Gasteiger partial charge in [0.2, 0.25) is 10.0 Å². The summed E-state index contributed by atoms with van der Waals surface area (Å²) in [4.78, 5) is 0.191. The molecule has 21 heavy (non-hydrogen) atoms. The van der Waals surface area contributed by atoms with Gasteiger partial charge in [0.1, 0.15) is 4.90 Å². The summed E-state index contributed by atoms with van der Waals surface area (Å²) >= 11 is 0. The van der Waals surface area contributed by atoms with Crippen LogP contribution in [0.5, 0.6) is 0 Å². The summed E-state index contributed by atoms with van der Waals surface area (Å²) in [6.07, 6.45) is 3.82. The van der Waals surface area contributed by atoms with E-state index in [0.717, 1.165) is 13.0 Å². The molecule has 1 heterocycles. The Balaban J connectivity index is 2.39. The fourth-order valence-corrected chi connectivity index (χ4v) is 2.64. The Kier molecular flexibility index (Phi) is 7.87. The van der Waals surface area contributed by atoms with Crippen LogP contribution in [0.3, 0.4) is 0 Å². The normalized spacial score (nSPS) is 12.2. The molecule has 0 amide bonds. The Bertz CT molecular complexity index is 499. The van der Waals surface area contributed by atoms with Gasteiger partial charge >= 0.3 is 0 Å². The van der Waals surface area contributed by atoms with Crippen LogP contribution in [0.2, 0.25) is 0 Å². The number of nitrogens with zero attached hydrogens (tertiary/aromatic N) is 2. The number of sulfonamides is 1. The molecule has 2 N–H and O–H groups in total. The van der Waals surface area contributed by atoms with E-state index < -0.39 is 10.0 Å². The molecule has 7 nitrogen and oxygen atoms in total. The maximum absolute atomic E-state index is 12.0. The van der Waals surface area contributed by atoms with Crippen molar-refractivity contribution in [3.8, 4) is 0 Å². The number of hydrogen-bond acceptors (Lipinski definition) is 5. The first kappa shape index (κ1) is 18.1. The Morgan fingerprint density at radius 1 is 1.38 bits per heavy atom. The second-order valence-electron chi connectivity index (χ2n) is 5.26. The van der Waals surface area contributed by atoms with Crippen molar-refractivity contribution in [1.29, 1.82) is 0 Å². The lowest BCUT2D eigenvalue weighted by Crippen LogP contribution is -2.27. The van der Waals surface area contributed by atoms with E-state index in [9.17, 15) is 8.42 Å². The molecule has 0 aliphatic heterocycles. The van der Waals surface area contributed by atoms with Gasteiger partial charge in [-0.2, -0.15) is 5.10 Å². The lowest BCUT2D eigenvalue weighted by Gasteiger charge is -2.07. The molecular formula is C13H26N4O3S. The van der Waals surface area contributed by atoms with Crippen molar-refractivity contribution < 1.29 is 13.2 Å². The summed E-state index contributed by atoms with van der Waals surface area (Å²) in [6.45, 7) is 6.92. The summed E-state index contributed by atoms with van der Waals surface area (Å²) in [6, 6.07) is 0. The van der Waals surface area contributed by atoms with Crippen molar-refractivity contribution in [3.05, 3.63) is 12.4 Å². The third kappa shape index (κ3) is 7.03. The number of ether oxygens (including phenoxy) is 1. The molecular weight excluding hydrogens is 292 g/mol. The van der Waals surface area contributed by atoms with Crippen molar-refractivity contribution in [2.45, 2.75) is 31.7 Å². The van der Waals surface area contributed by atoms with E-state index in [1.54, 1.807) is 10.9 Å². The van der Waals surface area contributed by atoms with Gasteiger partial charge in [-0.1, -0.05) is 13.8 Å². The lowest BCUT2D eigenvalue weighted by atomic mass is 10.2. The molecule has 0 aliphatic rings. The number of hydrogen-bond donors (Lipinski definition) is 2. The van der Waals surface area contributed by atoms with Gasteiger partial charge in [-0.25, -0.2) is 13.1 Å². The highest BCUT2D eigenvalue weighted by Gasteiger charge is 2.15. The van der Waals surface area contributed by atoms with Gasteiger partial charge in [0.15, 0.2) is 0 Å². The second kappa shape index (κ2) is 9.14. The second-order valence-corrected chi connectivity index (χ2v) is 7.03. The number of aryl methyl sites for hydroxylation is 1. The number of aromatic nitrogens is 2. The molecule has 0 bridgehead atoms. The molecule has 0 aliphatic carbocycles. The fraction of sp³-hybridized carbons (Fsp3) is 0.769. The maximum atomic E-state index is 12.0. The summed E-state index contributed by atoms with van der Waals surface area (Å²) in [7, 11) is -1.62. The third-order valence-corrected chi connectivity index (χ3v) is 4.14. The Morgan fingerprint density at radius 3 is 2.81 bits per heavy atom. The third-order valence-electron chi connectivity index (χ3n) is 2.72. The van der Waals surface area contributed by atoms with Crippen LogP contribution in [0.1, 0.15) is 20.3 Å². The number of nitrogens with one attached hydrogen (secondary N) is 2.